The molecule has 45 heavy (non-hydrogen) atoms. The number of anilines is 1. The first-order valence-electron chi connectivity index (χ1n) is 15.6. The Kier molecular flexibility index (Phi) is 10.6. The Morgan fingerprint density at radius 2 is 1.76 bits per heavy atom. The minimum atomic E-state index is -2.00. The van der Waals surface area contributed by atoms with Gasteiger partial charge in [-0.2, -0.15) is 5.48 Å². The van der Waals surface area contributed by atoms with Crippen LogP contribution in [0.2, 0.25) is 18.1 Å². The third-order valence-corrected chi connectivity index (χ3v) is 12.6. The van der Waals surface area contributed by atoms with E-state index in [1.165, 1.54) is 6.33 Å². The van der Waals surface area contributed by atoms with Crippen molar-refractivity contribution in [3.8, 4) is 0 Å². The SMILES string of the molecule is CC(C)(C)OC(=O)NOCC(=O)CCCCNc1ncnc2c1ncn2[C@@H]1O[C@H](CO[Si](C)(C)C(C)(C)C)[C@H]2OC(C)(C)O[C@H]21. The number of fused-ring (bicyclic) bond motifs is 2. The van der Waals surface area contributed by atoms with Crippen LogP contribution in [0.4, 0.5) is 10.6 Å². The first-order valence-corrected chi connectivity index (χ1v) is 18.5. The Bertz CT molecular complexity index is 1340. The molecule has 4 atom stereocenters. The molecule has 1 amide bonds. The molecule has 0 saturated carbocycles. The average Bonchev–Trinajstić information content (AvgIpc) is 3.56. The van der Waals surface area contributed by atoms with Gasteiger partial charge in [0.2, 0.25) is 0 Å². The molecule has 2 fully saturated rings. The highest BCUT2D eigenvalue weighted by Crippen LogP contribution is 2.45. The third-order valence-electron chi connectivity index (χ3n) is 8.14. The highest BCUT2D eigenvalue weighted by molar-refractivity contribution is 6.74. The van der Waals surface area contributed by atoms with Gasteiger partial charge in [0.05, 0.1) is 12.9 Å². The van der Waals surface area contributed by atoms with Crippen LogP contribution >= 0.6 is 0 Å². The van der Waals surface area contributed by atoms with Crippen LogP contribution in [0.15, 0.2) is 12.7 Å². The van der Waals surface area contributed by atoms with Crippen LogP contribution < -0.4 is 10.8 Å². The second-order valence-corrected chi connectivity index (χ2v) is 19.4. The zero-order chi connectivity index (χ0) is 33.2. The number of hydrogen-bond donors (Lipinski definition) is 2. The van der Waals surface area contributed by atoms with Crippen molar-refractivity contribution in [2.24, 2.45) is 0 Å². The predicted octanol–water partition coefficient (Wildman–Crippen LogP) is 4.87. The molecule has 2 aliphatic rings. The van der Waals surface area contributed by atoms with Gasteiger partial charge in [-0.15, -0.1) is 0 Å². The van der Waals surface area contributed by atoms with Crippen molar-refractivity contribution >= 4 is 37.2 Å². The first-order chi connectivity index (χ1) is 20.9. The number of rotatable bonds is 13. The Morgan fingerprint density at radius 3 is 2.44 bits per heavy atom. The molecule has 0 radical (unpaired) electrons. The lowest BCUT2D eigenvalue weighted by atomic mass is 10.1. The predicted molar refractivity (Wildman–Crippen MR) is 169 cm³/mol. The second kappa shape index (κ2) is 13.6. The lowest BCUT2D eigenvalue weighted by molar-refractivity contribution is -0.199. The van der Waals surface area contributed by atoms with E-state index in [1.807, 2.05) is 18.4 Å². The van der Waals surface area contributed by atoms with E-state index in [4.69, 9.17) is 28.2 Å². The summed E-state index contributed by atoms with van der Waals surface area (Å²) in [5, 5.41) is 3.38. The van der Waals surface area contributed by atoms with Gasteiger partial charge in [0, 0.05) is 13.0 Å². The lowest BCUT2D eigenvalue weighted by Gasteiger charge is -2.37. The van der Waals surface area contributed by atoms with Crippen molar-refractivity contribution in [1.29, 1.82) is 0 Å². The number of amides is 1. The number of ether oxygens (including phenoxy) is 4. The standard InChI is InChI=1S/C30H50N6O8Si/c1-28(2,3)44-27(38)35-39-15-19(37)13-11-12-14-31-24-21-25(33-17-32-24)36(18-34-21)26-23-22(42-30(7,8)43-23)20(41-26)16-40-45(9,10)29(4,5)6/h17-18,20,22-23,26H,11-16H2,1-10H3,(H,35,38)(H,31,32,33)/t20-,22-,23-,26-/m1/s1. The van der Waals surface area contributed by atoms with Crippen molar-refractivity contribution in [3.63, 3.8) is 0 Å². The van der Waals surface area contributed by atoms with Gasteiger partial charge < -0.3 is 28.7 Å². The molecule has 0 bridgehead atoms. The number of imidazole rings is 1. The molecule has 2 aromatic heterocycles. The van der Waals surface area contributed by atoms with Gasteiger partial charge in [-0.25, -0.2) is 19.7 Å². The number of hydrogen-bond acceptors (Lipinski definition) is 12. The average molecular weight is 651 g/mol. The number of Topliss-reactive ketones (excluding diaryl/α,β-unsaturated/α-hetero) is 1. The summed E-state index contributed by atoms with van der Waals surface area (Å²) in [7, 11) is -2.00. The summed E-state index contributed by atoms with van der Waals surface area (Å²) >= 11 is 0. The quantitative estimate of drug-likeness (QED) is 0.172. The van der Waals surface area contributed by atoms with Crippen LogP contribution in [0.5, 0.6) is 0 Å². The molecule has 2 aromatic rings. The number of nitrogens with zero attached hydrogens (tertiary/aromatic N) is 4. The fourth-order valence-corrected chi connectivity index (χ4v) is 5.91. The van der Waals surface area contributed by atoms with E-state index in [-0.39, 0.29) is 35.7 Å². The summed E-state index contributed by atoms with van der Waals surface area (Å²) in [6.45, 7) is 20.9. The molecule has 4 heterocycles. The molecule has 2 N–H and O–H groups in total. The maximum Gasteiger partial charge on any atom is 0.431 e. The van der Waals surface area contributed by atoms with E-state index >= 15 is 0 Å². The van der Waals surface area contributed by atoms with Crippen LogP contribution in [0.25, 0.3) is 11.2 Å². The number of carbonyl (C=O) groups is 2. The monoisotopic (exact) mass is 650 g/mol. The first kappa shape index (κ1) is 35.2. The van der Waals surface area contributed by atoms with E-state index in [0.717, 1.165) is 0 Å². The fourth-order valence-electron chi connectivity index (χ4n) is 4.89. The lowest BCUT2D eigenvalue weighted by Crippen LogP contribution is -2.44. The minimum absolute atomic E-state index is 0.0717. The van der Waals surface area contributed by atoms with Crippen molar-refractivity contribution in [3.05, 3.63) is 12.7 Å². The molecule has 252 valence electrons. The third kappa shape index (κ3) is 8.98. The second-order valence-electron chi connectivity index (χ2n) is 14.6. The smallest absolute Gasteiger partial charge is 0.431 e. The Hall–Kier alpha value is -2.69. The van der Waals surface area contributed by atoms with Crippen molar-refractivity contribution in [2.75, 3.05) is 25.1 Å². The number of carbonyl (C=O) groups excluding carboxylic acids is 2. The molecule has 4 rings (SSSR count). The molecular weight excluding hydrogens is 600 g/mol. The molecule has 2 saturated heterocycles. The van der Waals surface area contributed by atoms with E-state index in [9.17, 15) is 9.59 Å². The molecule has 0 unspecified atom stereocenters. The summed E-state index contributed by atoms with van der Waals surface area (Å²) in [6, 6.07) is 0. The van der Waals surface area contributed by atoms with Crippen molar-refractivity contribution in [2.45, 2.75) is 129 Å². The molecule has 0 spiro atoms. The number of hydroxylamine groups is 1. The maximum absolute atomic E-state index is 12.1. The normalized spacial score (nSPS) is 23.2. The van der Waals surface area contributed by atoms with Gasteiger partial charge >= 0.3 is 6.09 Å². The van der Waals surface area contributed by atoms with Gasteiger partial charge in [0.25, 0.3) is 0 Å². The van der Waals surface area contributed by atoms with Crippen LogP contribution in [-0.2, 0) is 33.0 Å². The Labute approximate surface area is 266 Å². The van der Waals surface area contributed by atoms with Gasteiger partial charge in [-0.3, -0.25) is 14.2 Å². The minimum Gasteiger partial charge on any atom is -0.442 e. The zero-order valence-corrected chi connectivity index (χ0v) is 29.3. The number of nitrogens with one attached hydrogen (secondary N) is 2. The molecule has 15 heteroatoms. The van der Waals surface area contributed by atoms with Crippen molar-refractivity contribution in [1.82, 2.24) is 25.0 Å². The van der Waals surface area contributed by atoms with E-state index < -0.39 is 32.0 Å². The van der Waals surface area contributed by atoms with Gasteiger partial charge in [0.1, 0.15) is 36.8 Å². The van der Waals surface area contributed by atoms with Crippen molar-refractivity contribution < 1.29 is 37.8 Å². The van der Waals surface area contributed by atoms with Crippen LogP contribution in [0.3, 0.4) is 0 Å². The Balaban J connectivity index is 1.32. The topological polar surface area (TPSA) is 157 Å². The van der Waals surface area contributed by atoms with Crippen LogP contribution in [0, 0.1) is 0 Å². The van der Waals surface area contributed by atoms with E-state index in [2.05, 4.69) is 59.6 Å². The van der Waals surface area contributed by atoms with E-state index in [1.54, 1.807) is 27.1 Å². The summed E-state index contributed by atoms with van der Waals surface area (Å²) in [6.07, 6.45) is 2.63. The molecule has 14 nitrogen and oxygen atoms in total. The zero-order valence-electron chi connectivity index (χ0n) is 28.3. The number of unbranched alkanes of at least 4 members (excludes halogenated alkanes) is 1. The van der Waals surface area contributed by atoms with Gasteiger partial charge in [-0.1, -0.05) is 20.8 Å². The Morgan fingerprint density at radius 1 is 1.04 bits per heavy atom. The summed E-state index contributed by atoms with van der Waals surface area (Å²) in [5.74, 6) is -0.295. The highest BCUT2D eigenvalue weighted by Gasteiger charge is 2.56. The largest absolute Gasteiger partial charge is 0.442 e. The molecule has 2 aliphatic heterocycles. The maximum atomic E-state index is 12.1. The van der Waals surface area contributed by atoms with Gasteiger partial charge in [-0.05, 0) is 65.6 Å². The van der Waals surface area contributed by atoms with Crippen LogP contribution in [0.1, 0.15) is 80.9 Å². The highest BCUT2D eigenvalue weighted by atomic mass is 28.4. The summed E-state index contributed by atoms with van der Waals surface area (Å²) in [5.41, 5.74) is 2.69. The van der Waals surface area contributed by atoms with E-state index in [0.29, 0.717) is 49.4 Å². The van der Waals surface area contributed by atoms with Crippen LogP contribution in [-0.4, -0.2) is 89.2 Å². The number of aromatic nitrogens is 4. The van der Waals surface area contributed by atoms with Gasteiger partial charge in [0.15, 0.2) is 43.1 Å². The molecule has 0 aromatic carbocycles. The summed E-state index contributed by atoms with van der Waals surface area (Å²) in [4.78, 5) is 42.2. The fraction of sp³-hybridized carbons (Fsp3) is 0.767. The number of ketones is 1. The molecule has 0 aliphatic carbocycles. The summed E-state index contributed by atoms with van der Waals surface area (Å²) < 4.78 is 32.6. The molecular formula is C30H50N6O8Si.